The van der Waals surface area contributed by atoms with Crippen LogP contribution < -0.4 is 4.90 Å². The summed E-state index contributed by atoms with van der Waals surface area (Å²) in [5, 5.41) is 19.5. The maximum absolute atomic E-state index is 13.4. The van der Waals surface area contributed by atoms with Gasteiger partial charge in [-0.05, 0) is 55.8 Å². The molecule has 0 amide bonds. The molecule has 0 aliphatic carbocycles. The summed E-state index contributed by atoms with van der Waals surface area (Å²) in [6.07, 6.45) is 0.0182. The molecule has 2 aromatic heterocycles. The molecule has 8 nitrogen and oxygen atoms in total. The third-order valence-corrected chi connectivity index (χ3v) is 7.83. The maximum Gasteiger partial charge on any atom is 0.308 e. The molecule has 0 saturated heterocycles. The van der Waals surface area contributed by atoms with Crippen LogP contribution in [0, 0.1) is 19.7 Å². The fourth-order valence-electron chi connectivity index (χ4n) is 4.51. The number of aryl methyl sites for hydroxylation is 1. The fraction of sp³-hybridized carbons (Fsp3) is 0.259. The number of anilines is 2. The van der Waals surface area contributed by atoms with Crippen molar-refractivity contribution in [2.75, 3.05) is 19.1 Å². The second-order valence-corrected chi connectivity index (χ2v) is 9.87. The van der Waals surface area contributed by atoms with E-state index in [-0.39, 0.29) is 18.8 Å². The van der Waals surface area contributed by atoms with Crippen LogP contribution in [0.1, 0.15) is 45.7 Å². The normalized spacial score (nSPS) is 14.4. The van der Waals surface area contributed by atoms with Gasteiger partial charge in [0.05, 0.1) is 25.8 Å². The van der Waals surface area contributed by atoms with E-state index >= 15 is 0 Å². The number of benzene rings is 2. The number of thiophene rings is 1. The van der Waals surface area contributed by atoms with Gasteiger partial charge >= 0.3 is 5.97 Å². The number of halogens is 1. The summed E-state index contributed by atoms with van der Waals surface area (Å²) in [4.78, 5) is 20.1. The Kier molecular flexibility index (Phi) is 6.61. The molecule has 5 rings (SSSR count). The number of esters is 1. The van der Waals surface area contributed by atoms with Crippen molar-refractivity contribution in [3.05, 3.63) is 87.6 Å². The molecule has 37 heavy (non-hydrogen) atoms. The monoisotopic (exact) mass is 519 g/mol. The van der Waals surface area contributed by atoms with Gasteiger partial charge in [0.15, 0.2) is 5.82 Å². The minimum Gasteiger partial charge on any atom is -0.469 e. The SMILES string of the molecule is COC(=O)C[C@@H]1N=C(c2ccc(N(C)c3ccc(F)cc3)cc2)c2c(sc(CO)c2C)-n2c(C)nnc21. The number of hydrogen-bond donors (Lipinski definition) is 1. The first-order valence-corrected chi connectivity index (χ1v) is 12.5. The number of fused-ring (bicyclic) bond motifs is 3. The highest BCUT2D eigenvalue weighted by molar-refractivity contribution is 7.15. The lowest BCUT2D eigenvalue weighted by molar-refractivity contribution is -0.141. The lowest BCUT2D eigenvalue weighted by Crippen LogP contribution is -2.12. The average molecular weight is 520 g/mol. The first-order chi connectivity index (χ1) is 17.8. The van der Waals surface area contributed by atoms with Gasteiger partial charge in [-0.3, -0.25) is 14.4 Å². The molecule has 4 aromatic rings. The van der Waals surface area contributed by atoms with Gasteiger partial charge in [-0.15, -0.1) is 21.5 Å². The number of methoxy groups -OCH3 is 1. The van der Waals surface area contributed by atoms with Crippen molar-refractivity contribution >= 4 is 34.4 Å². The van der Waals surface area contributed by atoms with Crippen molar-refractivity contribution in [3.8, 4) is 5.00 Å². The zero-order chi connectivity index (χ0) is 26.3. The van der Waals surface area contributed by atoms with E-state index in [9.17, 15) is 14.3 Å². The number of aliphatic hydroxyl groups is 1. The number of aliphatic hydroxyl groups excluding tert-OH is 1. The Hall–Kier alpha value is -3.89. The van der Waals surface area contributed by atoms with Crippen LogP contribution in [0.5, 0.6) is 0 Å². The van der Waals surface area contributed by atoms with Crippen LogP contribution in [0.15, 0.2) is 53.5 Å². The van der Waals surface area contributed by atoms with Crippen molar-refractivity contribution in [1.82, 2.24) is 14.8 Å². The van der Waals surface area contributed by atoms with Crippen molar-refractivity contribution in [3.63, 3.8) is 0 Å². The van der Waals surface area contributed by atoms with Crippen LogP contribution in [0.25, 0.3) is 5.00 Å². The van der Waals surface area contributed by atoms with Gasteiger partial charge in [-0.1, -0.05) is 12.1 Å². The fourth-order valence-corrected chi connectivity index (χ4v) is 5.73. The summed E-state index contributed by atoms with van der Waals surface area (Å²) in [7, 11) is 3.27. The molecule has 0 bridgehead atoms. The Morgan fingerprint density at radius 3 is 2.38 bits per heavy atom. The number of ether oxygens (including phenoxy) is 1. The molecule has 3 heterocycles. The number of nitrogens with zero attached hydrogens (tertiary/aromatic N) is 5. The third-order valence-electron chi connectivity index (χ3n) is 6.57. The van der Waals surface area contributed by atoms with E-state index in [2.05, 4.69) is 10.2 Å². The van der Waals surface area contributed by atoms with Crippen molar-refractivity contribution < 1.29 is 19.0 Å². The van der Waals surface area contributed by atoms with Gasteiger partial charge in [-0.2, -0.15) is 0 Å². The number of carbonyl (C=O) groups is 1. The van der Waals surface area contributed by atoms with Crippen LogP contribution in [-0.4, -0.2) is 45.7 Å². The van der Waals surface area contributed by atoms with E-state index in [1.807, 2.05) is 54.6 Å². The summed E-state index contributed by atoms with van der Waals surface area (Å²) in [6, 6.07) is 13.6. The molecule has 0 fully saturated rings. The maximum atomic E-state index is 13.4. The van der Waals surface area contributed by atoms with Crippen LogP contribution in [0.2, 0.25) is 0 Å². The molecule has 10 heteroatoms. The quantitative estimate of drug-likeness (QED) is 0.368. The van der Waals surface area contributed by atoms with Gasteiger partial charge in [0.1, 0.15) is 22.7 Å². The summed E-state index contributed by atoms with van der Waals surface area (Å²) >= 11 is 1.47. The third kappa shape index (κ3) is 4.42. The molecular weight excluding hydrogens is 493 g/mol. The molecule has 190 valence electrons. The van der Waals surface area contributed by atoms with Gasteiger partial charge in [0.25, 0.3) is 0 Å². The molecule has 0 saturated carbocycles. The van der Waals surface area contributed by atoms with Gasteiger partial charge < -0.3 is 14.7 Å². The highest BCUT2D eigenvalue weighted by Gasteiger charge is 2.33. The molecule has 1 N–H and O–H groups in total. The standard InChI is InChI=1S/C27H26FN5O3S/c1-15-22(14-34)37-27-24(15)25(29-21(13-23(35)36-4)26-31-30-16(2)33(26)27)17-5-9-19(10-6-17)32(3)20-11-7-18(28)8-12-20/h5-12,21,34H,13-14H2,1-4H3/t21-/m0/s1. The molecule has 2 aromatic carbocycles. The number of aromatic nitrogens is 3. The second kappa shape index (κ2) is 9.87. The Bertz CT molecular complexity index is 1490. The van der Waals surface area contributed by atoms with E-state index in [0.29, 0.717) is 17.4 Å². The summed E-state index contributed by atoms with van der Waals surface area (Å²) in [5.74, 6) is 0.548. The molecule has 1 atom stereocenters. The lowest BCUT2D eigenvalue weighted by atomic mass is 9.99. The first-order valence-electron chi connectivity index (χ1n) is 11.7. The second-order valence-electron chi connectivity index (χ2n) is 8.79. The van der Waals surface area contributed by atoms with Crippen LogP contribution in [0.3, 0.4) is 0 Å². The van der Waals surface area contributed by atoms with Crippen molar-refractivity contribution in [1.29, 1.82) is 0 Å². The minimum atomic E-state index is -0.596. The Balaban J connectivity index is 1.63. The highest BCUT2D eigenvalue weighted by atomic mass is 32.1. The lowest BCUT2D eigenvalue weighted by Gasteiger charge is -2.20. The molecule has 0 radical (unpaired) electrons. The highest BCUT2D eigenvalue weighted by Crippen LogP contribution is 2.40. The zero-order valence-corrected chi connectivity index (χ0v) is 21.7. The molecule has 1 aliphatic heterocycles. The minimum absolute atomic E-state index is 0.0182. The summed E-state index contributed by atoms with van der Waals surface area (Å²) in [6.45, 7) is 3.72. The van der Waals surface area contributed by atoms with Crippen LogP contribution in [-0.2, 0) is 16.1 Å². The predicted octanol–water partition coefficient (Wildman–Crippen LogP) is 4.80. The van der Waals surface area contributed by atoms with E-state index < -0.39 is 12.0 Å². The predicted molar refractivity (Wildman–Crippen MR) is 141 cm³/mol. The Morgan fingerprint density at radius 1 is 1.11 bits per heavy atom. The molecule has 0 spiro atoms. The van der Waals surface area contributed by atoms with E-state index in [1.54, 1.807) is 12.1 Å². The van der Waals surface area contributed by atoms with Crippen molar-refractivity contribution in [2.45, 2.75) is 32.9 Å². The van der Waals surface area contributed by atoms with Crippen LogP contribution >= 0.6 is 11.3 Å². The molecule has 1 aliphatic rings. The number of aliphatic imine (C=N–C) groups is 1. The van der Waals surface area contributed by atoms with Gasteiger partial charge in [0, 0.05) is 34.4 Å². The Labute approximate surface area is 217 Å². The Morgan fingerprint density at radius 2 is 1.76 bits per heavy atom. The van der Waals surface area contributed by atoms with Gasteiger partial charge in [0.2, 0.25) is 0 Å². The average Bonchev–Trinajstić information content (AvgIpc) is 3.41. The van der Waals surface area contributed by atoms with Crippen molar-refractivity contribution in [2.24, 2.45) is 4.99 Å². The van der Waals surface area contributed by atoms with E-state index in [4.69, 9.17) is 9.73 Å². The summed E-state index contributed by atoms with van der Waals surface area (Å²) in [5.41, 5.74) is 5.14. The smallest absolute Gasteiger partial charge is 0.308 e. The number of carbonyl (C=O) groups excluding carboxylic acids is 1. The zero-order valence-electron chi connectivity index (χ0n) is 20.9. The number of rotatable bonds is 6. The van der Waals surface area contributed by atoms with E-state index in [1.165, 1.54) is 30.6 Å². The first kappa shape index (κ1) is 24.8. The topological polar surface area (TPSA) is 92.8 Å². The molecular formula is C27H26FN5O3S. The summed E-state index contributed by atoms with van der Waals surface area (Å²) < 4.78 is 20.2. The molecule has 0 unspecified atom stereocenters. The largest absolute Gasteiger partial charge is 0.469 e. The van der Waals surface area contributed by atoms with Gasteiger partial charge in [-0.25, -0.2) is 4.39 Å². The van der Waals surface area contributed by atoms with Crippen LogP contribution in [0.4, 0.5) is 15.8 Å². The van der Waals surface area contributed by atoms with E-state index in [0.717, 1.165) is 37.9 Å². The number of hydrogen-bond acceptors (Lipinski definition) is 8.